The molecule has 14 heavy (non-hydrogen) atoms. The SMILES string of the molecule is CSCC(=O)NCCC(=O)NC(C)C. The standard InChI is InChI=1S/C9H18N2O2S/c1-7(2)11-8(12)4-5-10-9(13)6-14-3/h7H,4-6H2,1-3H3,(H,10,13)(H,11,12). The Hall–Kier alpha value is -0.710. The van der Waals surface area contributed by atoms with Crippen LogP contribution in [0.2, 0.25) is 0 Å². The van der Waals surface area contributed by atoms with Gasteiger partial charge in [0, 0.05) is 19.0 Å². The van der Waals surface area contributed by atoms with Crippen molar-refractivity contribution in [2.75, 3.05) is 18.6 Å². The van der Waals surface area contributed by atoms with Gasteiger partial charge >= 0.3 is 0 Å². The summed E-state index contributed by atoms with van der Waals surface area (Å²) in [5.74, 6) is 0.408. The molecule has 2 amide bonds. The number of carbonyl (C=O) groups excluding carboxylic acids is 2. The van der Waals surface area contributed by atoms with Gasteiger partial charge in [-0.15, -0.1) is 0 Å². The summed E-state index contributed by atoms with van der Waals surface area (Å²) in [5, 5.41) is 5.42. The van der Waals surface area contributed by atoms with Crippen LogP contribution in [-0.4, -0.2) is 36.4 Å². The van der Waals surface area contributed by atoms with Crippen molar-refractivity contribution in [2.45, 2.75) is 26.3 Å². The van der Waals surface area contributed by atoms with Gasteiger partial charge < -0.3 is 10.6 Å². The zero-order chi connectivity index (χ0) is 11.0. The van der Waals surface area contributed by atoms with Crippen molar-refractivity contribution in [3.8, 4) is 0 Å². The van der Waals surface area contributed by atoms with Crippen LogP contribution in [0.1, 0.15) is 20.3 Å². The smallest absolute Gasteiger partial charge is 0.229 e. The second-order valence-corrected chi connectivity index (χ2v) is 4.12. The maximum Gasteiger partial charge on any atom is 0.229 e. The van der Waals surface area contributed by atoms with Gasteiger partial charge in [0.15, 0.2) is 0 Å². The van der Waals surface area contributed by atoms with Gasteiger partial charge in [0.05, 0.1) is 5.75 Å². The average Bonchev–Trinajstić information content (AvgIpc) is 2.02. The number of amides is 2. The van der Waals surface area contributed by atoms with Crippen molar-refractivity contribution in [2.24, 2.45) is 0 Å². The molecule has 0 aliphatic carbocycles. The molecule has 82 valence electrons. The van der Waals surface area contributed by atoms with Crippen LogP contribution >= 0.6 is 11.8 Å². The summed E-state index contributed by atoms with van der Waals surface area (Å²) < 4.78 is 0. The first-order chi connectivity index (χ1) is 6.56. The van der Waals surface area contributed by atoms with Crippen molar-refractivity contribution < 1.29 is 9.59 Å². The molecule has 0 aromatic heterocycles. The summed E-state index contributed by atoms with van der Waals surface area (Å²) >= 11 is 1.47. The van der Waals surface area contributed by atoms with Gasteiger partial charge in [-0.2, -0.15) is 11.8 Å². The molecule has 2 N–H and O–H groups in total. The number of rotatable bonds is 6. The number of hydrogen-bond acceptors (Lipinski definition) is 3. The predicted octanol–water partition coefficient (Wildman–Crippen LogP) is 0.380. The van der Waals surface area contributed by atoms with Crippen molar-refractivity contribution in [1.82, 2.24) is 10.6 Å². The van der Waals surface area contributed by atoms with Gasteiger partial charge in [-0.3, -0.25) is 9.59 Å². The Kier molecular flexibility index (Phi) is 7.28. The van der Waals surface area contributed by atoms with E-state index in [1.54, 1.807) is 0 Å². The normalized spacial score (nSPS) is 10.0. The molecule has 0 aliphatic rings. The van der Waals surface area contributed by atoms with E-state index in [1.807, 2.05) is 20.1 Å². The summed E-state index contributed by atoms with van der Waals surface area (Å²) in [5.41, 5.74) is 0. The van der Waals surface area contributed by atoms with E-state index in [1.165, 1.54) is 11.8 Å². The Morgan fingerprint density at radius 1 is 1.29 bits per heavy atom. The molecule has 0 fully saturated rings. The second kappa shape index (κ2) is 7.67. The predicted molar refractivity (Wildman–Crippen MR) is 59.3 cm³/mol. The molecule has 0 bridgehead atoms. The first-order valence-electron chi connectivity index (χ1n) is 4.61. The van der Waals surface area contributed by atoms with Crippen molar-refractivity contribution in [1.29, 1.82) is 0 Å². The lowest BCUT2D eigenvalue weighted by molar-refractivity contribution is -0.121. The Bertz CT molecular complexity index is 195. The van der Waals surface area contributed by atoms with E-state index in [0.29, 0.717) is 18.7 Å². The third kappa shape index (κ3) is 7.91. The molecule has 0 unspecified atom stereocenters. The fourth-order valence-corrected chi connectivity index (χ4v) is 1.26. The zero-order valence-electron chi connectivity index (χ0n) is 8.92. The fraction of sp³-hybridized carbons (Fsp3) is 0.778. The van der Waals surface area contributed by atoms with Crippen LogP contribution in [0.15, 0.2) is 0 Å². The van der Waals surface area contributed by atoms with Crippen molar-refractivity contribution in [3.63, 3.8) is 0 Å². The van der Waals surface area contributed by atoms with E-state index in [0.717, 1.165) is 0 Å². The van der Waals surface area contributed by atoms with Crippen molar-refractivity contribution >= 4 is 23.6 Å². The van der Waals surface area contributed by atoms with Crippen LogP contribution in [0, 0.1) is 0 Å². The molecule has 0 spiro atoms. The first kappa shape index (κ1) is 13.3. The zero-order valence-corrected chi connectivity index (χ0v) is 9.74. The molecule has 4 nitrogen and oxygen atoms in total. The van der Waals surface area contributed by atoms with Crippen LogP contribution in [0.3, 0.4) is 0 Å². The molecule has 0 aliphatic heterocycles. The molecule has 0 aromatic carbocycles. The summed E-state index contributed by atoms with van der Waals surface area (Å²) in [6, 6.07) is 0.157. The summed E-state index contributed by atoms with van der Waals surface area (Å²) in [4.78, 5) is 22.1. The van der Waals surface area contributed by atoms with Crippen LogP contribution in [0.4, 0.5) is 0 Å². The van der Waals surface area contributed by atoms with Crippen molar-refractivity contribution in [3.05, 3.63) is 0 Å². The summed E-state index contributed by atoms with van der Waals surface area (Å²) in [7, 11) is 0. The van der Waals surface area contributed by atoms with Crippen LogP contribution in [0.5, 0.6) is 0 Å². The fourth-order valence-electron chi connectivity index (χ4n) is 0.892. The van der Waals surface area contributed by atoms with Crippen LogP contribution in [0.25, 0.3) is 0 Å². The van der Waals surface area contributed by atoms with E-state index in [9.17, 15) is 9.59 Å². The highest BCUT2D eigenvalue weighted by Gasteiger charge is 2.04. The maximum atomic E-state index is 11.1. The Balaban J connectivity index is 3.44. The van der Waals surface area contributed by atoms with Crippen LogP contribution < -0.4 is 10.6 Å². The van der Waals surface area contributed by atoms with E-state index in [2.05, 4.69) is 10.6 Å². The Labute approximate surface area is 89.2 Å². The van der Waals surface area contributed by atoms with Gasteiger partial charge in [-0.25, -0.2) is 0 Å². The van der Waals surface area contributed by atoms with Gasteiger partial charge in [0.1, 0.15) is 0 Å². The number of thioether (sulfide) groups is 1. The van der Waals surface area contributed by atoms with E-state index in [-0.39, 0.29) is 17.9 Å². The second-order valence-electron chi connectivity index (χ2n) is 3.26. The largest absolute Gasteiger partial charge is 0.355 e. The molecule has 0 rings (SSSR count). The average molecular weight is 218 g/mol. The molecule has 0 saturated heterocycles. The molecular formula is C9H18N2O2S. The lowest BCUT2D eigenvalue weighted by Gasteiger charge is -2.08. The third-order valence-electron chi connectivity index (χ3n) is 1.40. The number of carbonyl (C=O) groups is 2. The maximum absolute atomic E-state index is 11.1. The molecule has 0 atom stereocenters. The quantitative estimate of drug-likeness (QED) is 0.677. The van der Waals surface area contributed by atoms with E-state index in [4.69, 9.17) is 0 Å². The molecule has 0 aromatic rings. The highest BCUT2D eigenvalue weighted by Crippen LogP contribution is 1.89. The highest BCUT2D eigenvalue weighted by atomic mass is 32.2. The minimum Gasteiger partial charge on any atom is -0.355 e. The Morgan fingerprint density at radius 3 is 2.43 bits per heavy atom. The van der Waals surface area contributed by atoms with E-state index < -0.39 is 0 Å². The molecular weight excluding hydrogens is 200 g/mol. The minimum atomic E-state index is -0.0237. The molecule has 0 radical (unpaired) electrons. The molecule has 0 saturated carbocycles. The Morgan fingerprint density at radius 2 is 1.93 bits per heavy atom. The summed E-state index contributed by atoms with van der Waals surface area (Å²) in [6.07, 6.45) is 2.21. The topological polar surface area (TPSA) is 58.2 Å². The lowest BCUT2D eigenvalue weighted by atomic mass is 10.3. The number of hydrogen-bond donors (Lipinski definition) is 2. The van der Waals surface area contributed by atoms with E-state index >= 15 is 0 Å². The lowest BCUT2D eigenvalue weighted by Crippen LogP contribution is -2.34. The van der Waals surface area contributed by atoms with Crippen LogP contribution in [-0.2, 0) is 9.59 Å². The summed E-state index contributed by atoms with van der Waals surface area (Å²) in [6.45, 7) is 4.23. The first-order valence-corrected chi connectivity index (χ1v) is 6.00. The molecule has 0 heterocycles. The monoisotopic (exact) mass is 218 g/mol. The number of nitrogens with one attached hydrogen (secondary N) is 2. The highest BCUT2D eigenvalue weighted by molar-refractivity contribution is 7.99. The van der Waals surface area contributed by atoms with Gasteiger partial charge in [0.25, 0.3) is 0 Å². The van der Waals surface area contributed by atoms with Gasteiger partial charge in [-0.1, -0.05) is 0 Å². The van der Waals surface area contributed by atoms with Gasteiger partial charge in [0.2, 0.25) is 11.8 Å². The minimum absolute atomic E-state index is 0.0187. The molecule has 5 heteroatoms. The van der Waals surface area contributed by atoms with Gasteiger partial charge in [-0.05, 0) is 20.1 Å². The third-order valence-corrected chi connectivity index (χ3v) is 1.95.